The second kappa shape index (κ2) is 6.48. The quantitative estimate of drug-likeness (QED) is 0.632. The fraction of sp³-hybridized carbons (Fsp3) is 0.133. The molecule has 1 aromatic carbocycles. The fourth-order valence-electron chi connectivity index (χ4n) is 1.30. The molecular weight excluding hydrogens is 212 g/mol. The molecule has 0 aliphatic heterocycles. The molecule has 17 heavy (non-hydrogen) atoms. The van der Waals surface area contributed by atoms with E-state index < -0.39 is 5.97 Å². The largest absolute Gasteiger partial charge is 0.478 e. The van der Waals surface area contributed by atoms with Crippen molar-refractivity contribution in [2.24, 2.45) is 0 Å². The highest BCUT2D eigenvalue weighted by Gasteiger charge is 1.91. The molecule has 0 amide bonds. The van der Waals surface area contributed by atoms with Gasteiger partial charge in [0, 0.05) is 6.08 Å². The van der Waals surface area contributed by atoms with Crippen LogP contribution in [0.1, 0.15) is 16.7 Å². The van der Waals surface area contributed by atoms with Crippen LogP contribution in [-0.4, -0.2) is 11.1 Å². The molecule has 0 heterocycles. The lowest BCUT2D eigenvalue weighted by Gasteiger charge is -1.99. The molecule has 0 atom stereocenters. The van der Waals surface area contributed by atoms with Gasteiger partial charge in [0.25, 0.3) is 0 Å². The van der Waals surface area contributed by atoms with Gasteiger partial charge in [-0.1, -0.05) is 48.6 Å². The summed E-state index contributed by atoms with van der Waals surface area (Å²) in [5, 5.41) is 8.37. The molecule has 0 aliphatic carbocycles. The number of aryl methyl sites for hydroxylation is 2. The van der Waals surface area contributed by atoms with E-state index in [0.29, 0.717) is 0 Å². The zero-order chi connectivity index (χ0) is 12.7. The lowest BCUT2D eigenvalue weighted by atomic mass is 10.1. The molecule has 0 spiro atoms. The highest BCUT2D eigenvalue weighted by Crippen LogP contribution is 2.10. The Hall–Kier alpha value is -2.09. The molecule has 1 rings (SSSR count). The van der Waals surface area contributed by atoms with Crippen LogP contribution in [0.5, 0.6) is 0 Å². The van der Waals surface area contributed by atoms with Crippen LogP contribution < -0.4 is 0 Å². The SMILES string of the molecule is Cc1ccc(C=C/C=C/C=C/C(=O)O)cc1C. The van der Waals surface area contributed by atoms with Crippen molar-refractivity contribution in [3.8, 4) is 0 Å². The van der Waals surface area contributed by atoms with E-state index in [0.717, 1.165) is 11.6 Å². The lowest BCUT2D eigenvalue weighted by molar-refractivity contribution is -0.131. The van der Waals surface area contributed by atoms with Gasteiger partial charge in [0.1, 0.15) is 0 Å². The molecule has 0 unspecified atom stereocenters. The third kappa shape index (κ3) is 4.98. The number of carbonyl (C=O) groups is 1. The fourth-order valence-corrected chi connectivity index (χ4v) is 1.30. The molecule has 2 heteroatoms. The second-order valence-corrected chi connectivity index (χ2v) is 3.79. The van der Waals surface area contributed by atoms with Crippen molar-refractivity contribution in [3.63, 3.8) is 0 Å². The minimum absolute atomic E-state index is 0.937. The van der Waals surface area contributed by atoms with Crippen LogP contribution in [0.15, 0.2) is 48.6 Å². The maximum Gasteiger partial charge on any atom is 0.328 e. The number of allylic oxidation sites excluding steroid dienone is 4. The highest BCUT2D eigenvalue weighted by atomic mass is 16.4. The first-order chi connectivity index (χ1) is 8.09. The Bertz CT molecular complexity index is 480. The molecule has 88 valence electrons. The first-order valence-electron chi connectivity index (χ1n) is 5.41. The normalized spacial score (nSPS) is 11.9. The van der Waals surface area contributed by atoms with Gasteiger partial charge >= 0.3 is 5.97 Å². The van der Waals surface area contributed by atoms with E-state index in [4.69, 9.17) is 5.11 Å². The summed E-state index contributed by atoms with van der Waals surface area (Å²) in [5.74, 6) is -0.937. The van der Waals surface area contributed by atoms with Gasteiger partial charge in [-0.15, -0.1) is 0 Å². The molecule has 1 aromatic rings. The predicted molar refractivity (Wildman–Crippen MR) is 70.9 cm³/mol. The zero-order valence-corrected chi connectivity index (χ0v) is 10.1. The topological polar surface area (TPSA) is 37.3 Å². The maximum absolute atomic E-state index is 10.2. The van der Waals surface area contributed by atoms with Crippen molar-refractivity contribution in [2.45, 2.75) is 13.8 Å². The lowest BCUT2D eigenvalue weighted by Crippen LogP contribution is -1.84. The number of aliphatic carboxylic acids is 1. The average molecular weight is 228 g/mol. The molecule has 0 radical (unpaired) electrons. The number of hydrogen-bond acceptors (Lipinski definition) is 1. The summed E-state index contributed by atoms with van der Waals surface area (Å²) < 4.78 is 0. The smallest absolute Gasteiger partial charge is 0.328 e. The van der Waals surface area contributed by atoms with Crippen molar-refractivity contribution >= 4 is 12.0 Å². The minimum atomic E-state index is -0.937. The maximum atomic E-state index is 10.2. The van der Waals surface area contributed by atoms with E-state index in [2.05, 4.69) is 32.0 Å². The molecular formula is C15H16O2. The summed E-state index contributed by atoms with van der Waals surface area (Å²) in [6.07, 6.45) is 9.95. The van der Waals surface area contributed by atoms with Gasteiger partial charge in [-0.3, -0.25) is 0 Å². The van der Waals surface area contributed by atoms with E-state index in [1.807, 2.05) is 12.2 Å². The van der Waals surface area contributed by atoms with Crippen molar-refractivity contribution in [3.05, 3.63) is 65.3 Å². The third-order valence-electron chi connectivity index (χ3n) is 2.39. The summed E-state index contributed by atoms with van der Waals surface area (Å²) in [4.78, 5) is 10.2. The molecule has 0 saturated carbocycles. The van der Waals surface area contributed by atoms with Crippen LogP contribution in [0.2, 0.25) is 0 Å². The van der Waals surface area contributed by atoms with Gasteiger partial charge < -0.3 is 5.11 Å². The van der Waals surface area contributed by atoms with E-state index in [-0.39, 0.29) is 0 Å². The molecule has 0 aliphatic rings. The number of carboxylic acids is 1. The van der Waals surface area contributed by atoms with Gasteiger partial charge in [0.2, 0.25) is 0 Å². The van der Waals surface area contributed by atoms with Gasteiger partial charge in [-0.25, -0.2) is 4.79 Å². The van der Waals surface area contributed by atoms with Crippen LogP contribution in [0.25, 0.3) is 6.08 Å². The van der Waals surface area contributed by atoms with Crippen LogP contribution in [0, 0.1) is 13.8 Å². The second-order valence-electron chi connectivity index (χ2n) is 3.79. The molecule has 0 bridgehead atoms. The molecule has 0 fully saturated rings. The van der Waals surface area contributed by atoms with Crippen LogP contribution in [-0.2, 0) is 4.79 Å². The molecule has 0 saturated heterocycles. The number of carboxylic acid groups (broad SMARTS) is 1. The number of benzene rings is 1. The summed E-state index contributed by atoms with van der Waals surface area (Å²) in [6.45, 7) is 4.16. The Kier molecular flexibility index (Phi) is 4.95. The summed E-state index contributed by atoms with van der Waals surface area (Å²) in [5.41, 5.74) is 3.68. The van der Waals surface area contributed by atoms with E-state index >= 15 is 0 Å². The average Bonchev–Trinajstić information content (AvgIpc) is 2.27. The van der Waals surface area contributed by atoms with Gasteiger partial charge in [-0.05, 0) is 30.5 Å². The number of hydrogen-bond donors (Lipinski definition) is 1. The molecule has 1 N–H and O–H groups in total. The van der Waals surface area contributed by atoms with E-state index in [9.17, 15) is 4.79 Å². The molecule has 2 nitrogen and oxygen atoms in total. The standard InChI is InChI=1S/C15H16O2/c1-12-9-10-14(11-13(12)2)7-5-3-4-6-8-15(16)17/h3-11H,1-2H3,(H,16,17)/b4-3+,7-5?,8-6+. The third-order valence-corrected chi connectivity index (χ3v) is 2.39. The van der Waals surface area contributed by atoms with E-state index in [1.54, 1.807) is 12.2 Å². The monoisotopic (exact) mass is 228 g/mol. The van der Waals surface area contributed by atoms with Crippen LogP contribution in [0.3, 0.4) is 0 Å². The summed E-state index contributed by atoms with van der Waals surface area (Å²) >= 11 is 0. The van der Waals surface area contributed by atoms with Gasteiger partial charge in [0.05, 0.1) is 0 Å². The Morgan fingerprint density at radius 3 is 2.41 bits per heavy atom. The first-order valence-corrected chi connectivity index (χ1v) is 5.41. The van der Waals surface area contributed by atoms with Crippen molar-refractivity contribution in [1.82, 2.24) is 0 Å². The number of rotatable bonds is 4. The highest BCUT2D eigenvalue weighted by molar-refractivity contribution is 5.80. The van der Waals surface area contributed by atoms with Gasteiger partial charge in [0.15, 0.2) is 0 Å². The zero-order valence-electron chi connectivity index (χ0n) is 10.1. The van der Waals surface area contributed by atoms with Crippen molar-refractivity contribution < 1.29 is 9.90 Å². The summed E-state index contributed by atoms with van der Waals surface area (Å²) in [6, 6.07) is 6.26. The van der Waals surface area contributed by atoms with Crippen molar-refractivity contribution in [2.75, 3.05) is 0 Å². The van der Waals surface area contributed by atoms with Crippen molar-refractivity contribution in [1.29, 1.82) is 0 Å². The Labute approximate surface area is 102 Å². The van der Waals surface area contributed by atoms with Crippen LogP contribution >= 0.6 is 0 Å². The minimum Gasteiger partial charge on any atom is -0.478 e. The Morgan fingerprint density at radius 1 is 1.06 bits per heavy atom. The Morgan fingerprint density at radius 2 is 1.76 bits per heavy atom. The summed E-state index contributed by atoms with van der Waals surface area (Å²) in [7, 11) is 0. The predicted octanol–water partition coefficient (Wildman–Crippen LogP) is 3.51. The van der Waals surface area contributed by atoms with Crippen LogP contribution in [0.4, 0.5) is 0 Å². The van der Waals surface area contributed by atoms with E-state index in [1.165, 1.54) is 17.2 Å². The molecule has 0 aromatic heterocycles. The Balaban J connectivity index is 2.59. The van der Waals surface area contributed by atoms with Gasteiger partial charge in [-0.2, -0.15) is 0 Å². The first kappa shape index (κ1) is 13.0.